The number of hydrogen-bond donors (Lipinski definition) is 0. The van der Waals surface area contributed by atoms with Gasteiger partial charge < -0.3 is 0 Å². The summed E-state index contributed by atoms with van der Waals surface area (Å²) in [6.07, 6.45) is 5.01. The Morgan fingerprint density at radius 3 is 2.41 bits per heavy atom. The van der Waals surface area contributed by atoms with Gasteiger partial charge in [0, 0.05) is 51.2 Å². The summed E-state index contributed by atoms with van der Waals surface area (Å²) in [6.45, 7) is 7.91. The minimum Gasteiger partial charge on any atom is -0.298 e. The van der Waals surface area contributed by atoms with Crippen molar-refractivity contribution in [3.63, 3.8) is 0 Å². The van der Waals surface area contributed by atoms with Crippen molar-refractivity contribution in [2.45, 2.75) is 32.5 Å². The van der Waals surface area contributed by atoms with Crippen molar-refractivity contribution in [1.82, 2.24) is 14.8 Å². The molecule has 22 heavy (non-hydrogen) atoms. The maximum atomic E-state index is 4.10. The second kappa shape index (κ2) is 7.52. The minimum atomic E-state index is 0.641. The van der Waals surface area contributed by atoms with Gasteiger partial charge in [0.1, 0.15) is 0 Å². The molecule has 3 heteroatoms. The zero-order valence-corrected chi connectivity index (χ0v) is 13.4. The van der Waals surface area contributed by atoms with Gasteiger partial charge in [-0.05, 0) is 36.6 Å². The molecule has 0 bridgehead atoms. The summed E-state index contributed by atoms with van der Waals surface area (Å²) in [5.41, 5.74) is 2.77. The fraction of sp³-hybridized carbons (Fsp3) is 0.421. The maximum Gasteiger partial charge on any atom is 0.0271 e. The van der Waals surface area contributed by atoms with Gasteiger partial charge in [-0.25, -0.2) is 0 Å². The van der Waals surface area contributed by atoms with Crippen LogP contribution in [0.3, 0.4) is 0 Å². The molecule has 1 aliphatic heterocycles. The normalized spacial score (nSPS) is 20.7. The SMILES string of the molecule is C[C@H]1CCN(Cc2ccncc2)CCN1Cc1ccccc1. The van der Waals surface area contributed by atoms with Crippen LogP contribution in [0.4, 0.5) is 0 Å². The highest BCUT2D eigenvalue weighted by atomic mass is 15.2. The summed E-state index contributed by atoms with van der Waals surface area (Å²) >= 11 is 0. The van der Waals surface area contributed by atoms with E-state index in [9.17, 15) is 0 Å². The molecular formula is C19H25N3. The van der Waals surface area contributed by atoms with Crippen LogP contribution in [0.15, 0.2) is 54.9 Å². The molecule has 3 rings (SSSR count). The molecule has 0 N–H and O–H groups in total. The van der Waals surface area contributed by atoms with E-state index in [0.29, 0.717) is 6.04 Å². The molecule has 116 valence electrons. The number of hydrogen-bond acceptors (Lipinski definition) is 3. The van der Waals surface area contributed by atoms with Crippen molar-refractivity contribution in [1.29, 1.82) is 0 Å². The molecule has 1 fully saturated rings. The molecule has 1 atom stereocenters. The Hall–Kier alpha value is -1.71. The van der Waals surface area contributed by atoms with Gasteiger partial charge in [-0.15, -0.1) is 0 Å². The second-order valence-electron chi connectivity index (χ2n) is 6.23. The molecule has 2 aromatic rings. The van der Waals surface area contributed by atoms with E-state index in [-0.39, 0.29) is 0 Å². The van der Waals surface area contributed by atoms with E-state index >= 15 is 0 Å². The lowest BCUT2D eigenvalue weighted by molar-refractivity contribution is 0.205. The van der Waals surface area contributed by atoms with E-state index in [1.54, 1.807) is 0 Å². The topological polar surface area (TPSA) is 19.4 Å². The van der Waals surface area contributed by atoms with Crippen LogP contribution in [-0.4, -0.2) is 40.5 Å². The van der Waals surface area contributed by atoms with Gasteiger partial charge in [0.25, 0.3) is 0 Å². The summed E-state index contributed by atoms with van der Waals surface area (Å²) in [5.74, 6) is 0. The smallest absolute Gasteiger partial charge is 0.0271 e. The monoisotopic (exact) mass is 295 g/mol. The first kappa shape index (κ1) is 15.2. The van der Waals surface area contributed by atoms with Gasteiger partial charge in [-0.1, -0.05) is 30.3 Å². The van der Waals surface area contributed by atoms with E-state index in [1.807, 2.05) is 12.4 Å². The third kappa shape index (κ3) is 4.15. The van der Waals surface area contributed by atoms with Crippen LogP contribution in [0.1, 0.15) is 24.5 Å². The molecule has 0 saturated carbocycles. The number of nitrogens with zero attached hydrogens (tertiary/aromatic N) is 3. The van der Waals surface area contributed by atoms with E-state index in [1.165, 1.54) is 24.1 Å². The Kier molecular flexibility index (Phi) is 5.20. The molecule has 1 aromatic heterocycles. The standard InChI is InChI=1S/C19H25N3/c1-17-9-12-21(15-19-7-10-20-11-8-19)13-14-22(17)16-18-5-3-2-4-6-18/h2-8,10-11,17H,9,12-16H2,1H3/t17-/m0/s1. The third-order valence-electron chi connectivity index (χ3n) is 4.57. The van der Waals surface area contributed by atoms with E-state index in [4.69, 9.17) is 0 Å². The van der Waals surface area contributed by atoms with Crippen LogP contribution in [0.25, 0.3) is 0 Å². The first-order chi connectivity index (χ1) is 10.8. The fourth-order valence-corrected chi connectivity index (χ4v) is 3.11. The zero-order chi connectivity index (χ0) is 15.2. The van der Waals surface area contributed by atoms with E-state index < -0.39 is 0 Å². The summed E-state index contributed by atoms with van der Waals surface area (Å²) in [4.78, 5) is 9.28. The molecule has 1 aliphatic rings. The highest BCUT2D eigenvalue weighted by Gasteiger charge is 2.20. The summed E-state index contributed by atoms with van der Waals surface area (Å²) in [5, 5.41) is 0. The van der Waals surface area contributed by atoms with Gasteiger partial charge in [0.2, 0.25) is 0 Å². The Morgan fingerprint density at radius 1 is 0.909 bits per heavy atom. The highest BCUT2D eigenvalue weighted by molar-refractivity contribution is 5.14. The van der Waals surface area contributed by atoms with Gasteiger partial charge in [0.15, 0.2) is 0 Å². The van der Waals surface area contributed by atoms with Gasteiger partial charge in [-0.3, -0.25) is 14.8 Å². The van der Waals surface area contributed by atoms with E-state index in [2.05, 4.69) is 64.2 Å². The number of aromatic nitrogens is 1. The Bertz CT molecular complexity index is 555. The summed E-state index contributed by atoms with van der Waals surface area (Å²) in [7, 11) is 0. The van der Waals surface area contributed by atoms with Crippen LogP contribution in [0.5, 0.6) is 0 Å². The molecule has 2 heterocycles. The van der Waals surface area contributed by atoms with Crippen LogP contribution in [0.2, 0.25) is 0 Å². The van der Waals surface area contributed by atoms with Crippen molar-refractivity contribution in [2.75, 3.05) is 19.6 Å². The largest absolute Gasteiger partial charge is 0.298 e. The molecule has 3 nitrogen and oxygen atoms in total. The first-order valence-corrected chi connectivity index (χ1v) is 8.20. The molecule has 1 saturated heterocycles. The van der Waals surface area contributed by atoms with Crippen molar-refractivity contribution >= 4 is 0 Å². The van der Waals surface area contributed by atoms with Crippen LogP contribution >= 0.6 is 0 Å². The van der Waals surface area contributed by atoms with E-state index in [0.717, 1.165) is 26.2 Å². The van der Waals surface area contributed by atoms with Crippen LogP contribution in [0, 0.1) is 0 Å². The van der Waals surface area contributed by atoms with Crippen LogP contribution < -0.4 is 0 Å². The molecule has 0 unspecified atom stereocenters. The fourth-order valence-electron chi connectivity index (χ4n) is 3.11. The zero-order valence-electron chi connectivity index (χ0n) is 13.4. The molecular weight excluding hydrogens is 270 g/mol. The quantitative estimate of drug-likeness (QED) is 0.863. The van der Waals surface area contributed by atoms with Crippen molar-refractivity contribution in [3.8, 4) is 0 Å². The van der Waals surface area contributed by atoms with Crippen molar-refractivity contribution in [3.05, 3.63) is 66.0 Å². The molecule has 0 aliphatic carbocycles. The summed E-state index contributed by atoms with van der Waals surface area (Å²) < 4.78 is 0. The molecule has 0 spiro atoms. The van der Waals surface area contributed by atoms with Crippen molar-refractivity contribution < 1.29 is 0 Å². The lowest BCUT2D eigenvalue weighted by Crippen LogP contribution is -2.34. The molecule has 1 aromatic carbocycles. The molecule has 0 amide bonds. The lowest BCUT2D eigenvalue weighted by atomic mass is 10.1. The average Bonchev–Trinajstić information content (AvgIpc) is 2.73. The van der Waals surface area contributed by atoms with Gasteiger partial charge in [0.05, 0.1) is 0 Å². The van der Waals surface area contributed by atoms with Gasteiger partial charge >= 0.3 is 0 Å². The Balaban J connectivity index is 1.58. The van der Waals surface area contributed by atoms with Crippen LogP contribution in [-0.2, 0) is 13.1 Å². The maximum absolute atomic E-state index is 4.10. The lowest BCUT2D eigenvalue weighted by Gasteiger charge is -2.26. The van der Waals surface area contributed by atoms with Crippen molar-refractivity contribution in [2.24, 2.45) is 0 Å². The highest BCUT2D eigenvalue weighted by Crippen LogP contribution is 2.16. The Labute approximate surface area is 133 Å². The number of rotatable bonds is 4. The second-order valence-corrected chi connectivity index (χ2v) is 6.23. The molecule has 0 radical (unpaired) electrons. The predicted octanol–water partition coefficient (Wildman–Crippen LogP) is 3.18. The predicted molar refractivity (Wildman–Crippen MR) is 90.4 cm³/mol. The summed E-state index contributed by atoms with van der Waals surface area (Å²) in [6, 6.07) is 15.7. The minimum absolute atomic E-state index is 0.641. The average molecular weight is 295 g/mol. The first-order valence-electron chi connectivity index (χ1n) is 8.20. The van der Waals surface area contributed by atoms with Gasteiger partial charge in [-0.2, -0.15) is 0 Å². The number of benzene rings is 1. The third-order valence-corrected chi connectivity index (χ3v) is 4.57. The Morgan fingerprint density at radius 2 is 1.64 bits per heavy atom. The number of pyridine rings is 1.